The number of hydrogen-bond donors (Lipinski definition) is 1. The molecule has 0 amide bonds. The summed E-state index contributed by atoms with van der Waals surface area (Å²) in [5, 5.41) is 13.4. The van der Waals surface area contributed by atoms with Crippen LogP contribution in [0.2, 0.25) is 0 Å². The third kappa shape index (κ3) is 7.95. The Bertz CT molecular complexity index is 2150. The number of aliphatic hydroxyl groups excluding tert-OH is 1. The Kier molecular flexibility index (Phi) is 10.8. The lowest BCUT2D eigenvalue weighted by atomic mass is 9.71. The number of aliphatic hydroxyl groups is 1. The van der Waals surface area contributed by atoms with E-state index in [-0.39, 0.29) is 6.04 Å². The summed E-state index contributed by atoms with van der Waals surface area (Å²) >= 11 is 0. The lowest BCUT2D eigenvalue weighted by Crippen LogP contribution is -2.67. The predicted octanol–water partition coefficient (Wildman–Crippen LogP) is 9.63. The van der Waals surface area contributed by atoms with E-state index in [9.17, 15) is 5.11 Å². The molecule has 4 unspecified atom stereocenters. The molecule has 7 nitrogen and oxygen atoms in total. The van der Waals surface area contributed by atoms with E-state index < -0.39 is 6.10 Å². The van der Waals surface area contributed by atoms with Crippen LogP contribution in [0.25, 0.3) is 10.9 Å². The monoisotopic (exact) mass is 733 g/mol. The van der Waals surface area contributed by atoms with Gasteiger partial charge >= 0.3 is 0 Å². The van der Waals surface area contributed by atoms with Gasteiger partial charge in [0.2, 0.25) is 5.75 Å². The fourth-order valence-corrected chi connectivity index (χ4v) is 8.76. The highest BCUT2D eigenvalue weighted by Crippen LogP contribution is 2.49. The highest BCUT2D eigenvalue weighted by Gasteiger charge is 2.54. The number of piperidine rings is 3. The van der Waals surface area contributed by atoms with Gasteiger partial charge in [-0.25, -0.2) is 0 Å². The van der Waals surface area contributed by atoms with Crippen LogP contribution in [0.3, 0.4) is 0 Å². The molecule has 0 radical (unpaired) electrons. The van der Waals surface area contributed by atoms with Gasteiger partial charge in [-0.05, 0) is 64.6 Å². The average Bonchev–Trinajstić information content (AvgIpc) is 3.24. The van der Waals surface area contributed by atoms with Crippen molar-refractivity contribution in [2.45, 2.75) is 51.4 Å². The maximum Gasteiger partial charge on any atom is 0.203 e. The summed E-state index contributed by atoms with van der Waals surface area (Å²) in [6.45, 7) is 7.93. The van der Waals surface area contributed by atoms with Crippen molar-refractivity contribution in [2.24, 2.45) is 11.8 Å². The Labute approximate surface area is 324 Å². The SMILES string of the molecule is C=CC1C[N+]2(Cc3cc(OCc4ccccc4)c(OCc4ccccc4)c(OCc4ccccc4)c3)CCC1CC2[C@H](O)c1ccnc2ccc(OC)cc12. The molecular formula is C48H49N2O5+. The zero-order chi connectivity index (χ0) is 37.6. The summed E-state index contributed by atoms with van der Waals surface area (Å²) in [6, 6.07) is 42.6. The lowest BCUT2D eigenvalue weighted by Gasteiger charge is -2.58. The maximum atomic E-state index is 12.5. The number of rotatable bonds is 15. The molecule has 4 heterocycles. The summed E-state index contributed by atoms with van der Waals surface area (Å²) in [7, 11) is 1.67. The first-order valence-electron chi connectivity index (χ1n) is 19.3. The Balaban J connectivity index is 1.19. The van der Waals surface area contributed by atoms with Crippen LogP contribution in [0.5, 0.6) is 23.0 Å². The van der Waals surface area contributed by atoms with E-state index in [4.69, 9.17) is 18.9 Å². The van der Waals surface area contributed by atoms with E-state index in [1.807, 2.05) is 85.1 Å². The van der Waals surface area contributed by atoms with Crippen molar-refractivity contribution in [2.75, 3.05) is 20.2 Å². The molecule has 0 aliphatic carbocycles. The minimum Gasteiger partial charge on any atom is -0.497 e. The third-order valence-electron chi connectivity index (χ3n) is 11.6. The first-order chi connectivity index (χ1) is 27.0. The van der Waals surface area contributed by atoms with E-state index in [1.54, 1.807) is 7.11 Å². The van der Waals surface area contributed by atoms with Crippen molar-refractivity contribution < 1.29 is 28.5 Å². The molecule has 3 saturated heterocycles. The fraction of sp³-hybridized carbons (Fsp3) is 0.271. The summed E-state index contributed by atoms with van der Waals surface area (Å²) in [6.07, 6.45) is 5.22. The quantitative estimate of drug-likeness (QED) is 0.0838. The molecular weight excluding hydrogens is 685 g/mol. The van der Waals surface area contributed by atoms with Gasteiger partial charge in [0.15, 0.2) is 11.5 Å². The topological polar surface area (TPSA) is 70.0 Å². The van der Waals surface area contributed by atoms with Crippen molar-refractivity contribution >= 4 is 10.9 Å². The highest BCUT2D eigenvalue weighted by molar-refractivity contribution is 5.84. The van der Waals surface area contributed by atoms with Gasteiger partial charge in [-0.1, -0.05) is 97.1 Å². The molecule has 1 N–H and O–H groups in total. The number of nitrogens with zero attached hydrogens (tertiary/aromatic N) is 2. The van der Waals surface area contributed by atoms with Crippen LogP contribution in [0.1, 0.15) is 46.8 Å². The van der Waals surface area contributed by atoms with Gasteiger partial charge in [0.25, 0.3) is 0 Å². The molecule has 55 heavy (non-hydrogen) atoms. The van der Waals surface area contributed by atoms with Gasteiger partial charge in [0.1, 0.15) is 44.3 Å². The predicted molar refractivity (Wildman–Crippen MR) is 216 cm³/mol. The molecule has 0 spiro atoms. The highest BCUT2D eigenvalue weighted by atomic mass is 16.5. The van der Waals surface area contributed by atoms with Crippen molar-refractivity contribution in [1.82, 2.24) is 4.98 Å². The van der Waals surface area contributed by atoms with Crippen LogP contribution >= 0.6 is 0 Å². The molecule has 3 aliphatic heterocycles. The number of quaternary nitrogens is 1. The molecule has 5 aromatic carbocycles. The van der Waals surface area contributed by atoms with Gasteiger partial charge in [-0.15, -0.1) is 6.58 Å². The molecule has 3 fully saturated rings. The number of pyridine rings is 1. The molecule has 3 aliphatic rings. The summed E-state index contributed by atoms with van der Waals surface area (Å²) in [5.74, 6) is 3.43. The third-order valence-corrected chi connectivity index (χ3v) is 11.6. The average molecular weight is 734 g/mol. The Morgan fingerprint density at radius 3 is 1.95 bits per heavy atom. The second-order valence-electron chi connectivity index (χ2n) is 15.0. The minimum atomic E-state index is -0.706. The zero-order valence-electron chi connectivity index (χ0n) is 31.4. The van der Waals surface area contributed by atoms with Crippen molar-refractivity contribution in [3.8, 4) is 23.0 Å². The van der Waals surface area contributed by atoms with Gasteiger partial charge in [-0.2, -0.15) is 0 Å². The Hall–Kier alpha value is -5.63. The molecule has 5 atom stereocenters. The number of methoxy groups -OCH3 is 1. The molecule has 6 aromatic rings. The molecule has 280 valence electrons. The number of hydrogen-bond acceptors (Lipinski definition) is 6. The number of aromatic nitrogens is 1. The minimum absolute atomic E-state index is 0.0388. The number of ether oxygens (including phenoxy) is 4. The Morgan fingerprint density at radius 1 is 0.764 bits per heavy atom. The molecule has 0 saturated carbocycles. The van der Waals surface area contributed by atoms with Crippen LogP contribution in [0.4, 0.5) is 0 Å². The standard InChI is InChI=1S/C48H49N2O5/c1-3-38-30-50(24-22-39(38)27-44(50)47(51)41-21-23-49-43-20-19-40(52-2)28-42(41)43)29-37-25-45(53-31-34-13-7-4-8-14-34)48(55-33-36-17-11-6-12-18-36)46(26-37)54-32-35-15-9-5-10-16-35/h3-21,23,25-26,28,38-39,44,47,51H,1,22,24,27,29-33H2,2H3/q+1/t38?,39?,44?,47-,50?/m1/s1. The van der Waals surface area contributed by atoms with Crippen LogP contribution in [-0.2, 0) is 26.4 Å². The van der Waals surface area contributed by atoms with Gasteiger partial charge < -0.3 is 28.5 Å². The van der Waals surface area contributed by atoms with E-state index >= 15 is 0 Å². The van der Waals surface area contributed by atoms with E-state index in [0.717, 1.165) is 74.9 Å². The van der Waals surface area contributed by atoms with Gasteiger partial charge in [-0.3, -0.25) is 4.98 Å². The molecule has 2 bridgehead atoms. The van der Waals surface area contributed by atoms with Gasteiger partial charge in [0.05, 0.1) is 25.7 Å². The molecule has 9 rings (SSSR count). The Morgan fingerprint density at radius 2 is 1.36 bits per heavy atom. The maximum absolute atomic E-state index is 12.5. The zero-order valence-corrected chi connectivity index (χ0v) is 31.4. The molecule has 1 aromatic heterocycles. The van der Waals surface area contributed by atoms with Crippen LogP contribution < -0.4 is 18.9 Å². The first kappa shape index (κ1) is 36.4. The smallest absolute Gasteiger partial charge is 0.203 e. The second-order valence-corrected chi connectivity index (χ2v) is 15.0. The van der Waals surface area contributed by atoms with E-state index in [1.165, 1.54) is 0 Å². The van der Waals surface area contributed by atoms with Gasteiger partial charge in [0, 0.05) is 35.9 Å². The second kappa shape index (κ2) is 16.4. The van der Waals surface area contributed by atoms with Crippen LogP contribution in [-0.4, -0.2) is 40.8 Å². The van der Waals surface area contributed by atoms with Crippen molar-refractivity contribution in [3.63, 3.8) is 0 Å². The van der Waals surface area contributed by atoms with Crippen molar-refractivity contribution in [1.29, 1.82) is 0 Å². The normalized spacial score (nSPS) is 20.8. The molecule has 7 heteroatoms. The lowest BCUT2D eigenvalue weighted by molar-refractivity contribution is -0.984. The first-order valence-corrected chi connectivity index (χ1v) is 19.3. The number of fused-ring (bicyclic) bond motifs is 4. The summed E-state index contributed by atoms with van der Waals surface area (Å²) < 4.78 is 26.3. The summed E-state index contributed by atoms with van der Waals surface area (Å²) in [5.41, 5.74) is 5.98. The van der Waals surface area contributed by atoms with E-state index in [0.29, 0.717) is 55.4 Å². The van der Waals surface area contributed by atoms with Crippen LogP contribution in [0, 0.1) is 11.8 Å². The van der Waals surface area contributed by atoms with Crippen LogP contribution in [0.15, 0.2) is 146 Å². The number of benzene rings is 5. The summed E-state index contributed by atoms with van der Waals surface area (Å²) in [4.78, 5) is 4.62. The fourth-order valence-electron chi connectivity index (χ4n) is 8.76. The van der Waals surface area contributed by atoms with Crippen molar-refractivity contribution in [3.05, 3.63) is 174 Å². The largest absolute Gasteiger partial charge is 0.497 e. The van der Waals surface area contributed by atoms with E-state index in [2.05, 4.69) is 66.2 Å².